The molecule has 126 valence electrons. The highest BCUT2D eigenvalue weighted by Gasteiger charge is 2.33. The van der Waals surface area contributed by atoms with Gasteiger partial charge in [0.2, 0.25) is 10.0 Å². The number of rotatable bonds is 3. The summed E-state index contributed by atoms with van der Waals surface area (Å²) in [5.41, 5.74) is 8.72. The summed E-state index contributed by atoms with van der Waals surface area (Å²) in [6, 6.07) is 3.91. The van der Waals surface area contributed by atoms with Crippen molar-refractivity contribution in [1.82, 2.24) is 4.31 Å². The molecule has 1 fully saturated rings. The van der Waals surface area contributed by atoms with E-state index in [4.69, 9.17) is 5.73 Å². The number of sulfonamides is 1. The summed E-state index contributed by atoms with van der Waals surface area (Å²) in [7, 11) is -3.43. The monoisotopic (exact) mass is 346 g/mol. The molecule has 0 amide bonds. The molecule has 1 aliphatic rings. The van der Waals surface area contributed by atoms with Crippen LogP contribution in [0, 0.1) is 26.7 Å². The summed E-state index contributed by atoms with van der Waals surface area (Å²) < 4.78 is 27.6. The third-order valence-electron chi connectivity index (χ3n) is 4.37. The van der Waals surface area contributed by atoms with E-state index < -0.39 is 10.0 Å². The first-order chi connectivity index (χ1) is 9.73. The zero-order chi connectivity index (χ0) is 15.8. The Morgan fingerprint density at radius 3 is 2.27 bits per heavy atom. The van der Waals surface area contributed by atoms with Gasteiger partial charge in [-0.05, 0) is 57.6 Å². The van der Waals surface area contributed by atoms with Crippen molar-refractivity contribution in [3.63, 3.8) is 0 Å². The number of benzene rings is 1. The lowest BCUT2D eigenvalue weighted by Crippen LogP contribution is -2.45. The van der Waals surface area contributed by atoms with Crippen LogP contribution >= 0.6 is 12.4 Å². The fourth-order valence-corrected chi connectivity index (χ4v) is 5.27. The van der Waals surface area contributed by atoms with Crippen LogP contribution < -0.4 is 5.73 Å². The second-order valence-electron chi connectivity index (χ2n) is 6.35. The highest BCUT2D eigenvalue weighted by molar-refractivity contribution is 7.89. The van der Waals surface area contributed by atoms with Gasteiger partial charge in [-0.2, -0.15) is 4.31 Å². The molecule has 0 bridgehead atoms. The highest BCUT2D eigenvalue weighted by Crippen LogP contribution is 2.29. The maximum atomic E-state index is 13.0. The Balaban J connectivity index is 0.00000242. The molecular weight excluding hydrogens is 320 g/mol. The maximum absolute atomic E-state index is 13.0. The molecule has 2 unspecified atom stereocenters. The van der Waals surface area contributed by atoms with Crippen LogP contribution in [-0.4, -0.2) is 31.9 Å². The van der Waals surface area contributed by atoms with Crippen molar-refractivity contribution in [2.75, 3.05) is 13.1 Å². The number of piperidine rings is 1. The largest absolute Gasteiger partial charge is 0.328 e. The van der Waals surface area contributed by atoms with E-state index in [1.165, 1.54) is 0 Å². The second-order valence-corrected chi connectivity index (χ2v) is 8.23. The summed E-state index contributed by atoms with van der Waals surface area (Å²) in [5.74, 6) is 0.250. The van der Waals surface area contributed by atoms with Crippen LogP contribution in [0.25, 0.3) is 0 Å². The summed E-state index contributed by atoms with van der Waals surface area (Å²) in [6.45, 7) is 8.83. The van der Waals surface area contributed by atoms with Gasteiger partial charge in [-0.1, -0.05) is 17.7 Å². The van der Waals surface area contributed by atoms with Crippen molar-refractivity contribution in [3.05, 3.63) is 28.8 Å². The fraction of sp³-hybridized carbons (Fsp3) is 0.625. The third-order valence-corrected chi connectivity index (χ3v) is 6.54. The molecule has 4 nitrogen and oxygen atoms in total. The lowest BCUT2D eigenvalue weighted by molar-refractivity contribution is 0.243. The van der Waals surface area contributed by atoms with Crippen molar-refractivity contribution < 1.29 is 8.42 Å². The lowest BCUT2D eigenvalue weighted by atomic mass is 9.93. The minimum Gasteiger partial charge on any atom is -0.328 e. The Bertz CT molecular complexity index is 606. The quantitative estimate of drug-likeness (QED) is 0.915. The normalized spacial score (nSPS) is 21.2. The number of halogens is 1. The number of nitrogens with zero attached hydrogens (tertiary/aromatic N) is 1. The van der Waals surface area contributed by atoms with Gasteiger partial charge in [-0.15, -0.1) is 12.4 Å². The SMILES string of the molecule is Cc1cc(C)c(S(=O)(=O)N2CCCC(C(C)N)C2)c(C)c1.Cl. The summed E-state index contributed by atoms with van der Waals surface area (Å²) >= 11 is 0. The van der Waals surface area contributed by atoms with Gasteiger partial charge in [0.1, 0.15) is 0 Å². The van der Waals surface area contributed by atoms with E-state index in [0.29, 0.717) is 18.0 Å². The molecule has 2 N–H and O–H groups in total. The van der Waals surface area contributed by atoms with Crippen LogP contribution in [0.3, 0.4) is 0 Å². The molecule has 1 aromatic rings. The maximum Gasteiger partial charge on any atom is 0.243 e. The highest BCUT2D eigenvalue weighted by atomic mass is 35.5. The van der Waals surface area contributed by atoms with Gasteiger partial charge >= 0.3 is 0 Å². The predicted molar refractivity (Wildman–Crippen MR) is 93.0 cm³/mol. The molecule has 1 heterocycles. The van der Waals surface area contributed by atoms with Crippen LogP contribution in [0.5, 0.6) is 0 Å². The Labute approximate surface area is 140 Å². The molecule has 0 aliphatic carbocycles. The van der Waals surface area contributed by atoms with Gasteiger partial charge in [0.15, 0.2) is 0 Å². The molecule has 0 saturated carbocycles. The van der Waals surface area contributed by atoms with Crippen molar-refractivity contribution in [2.45, 2.75) is 51.5 Å². The van der Waals surface area contributed by atoms with Gasteiger partial charge in [-0.25, -0.2) is 8.42 Å². The first kappa shape index (κ1) is 19.4. The Hall–Kier alpha value is -0.620. The topological polar surface area (TPSA) is 63.4 Å². The fourth-order valence-electron chi connectivity index (χ4n) is 3.32. The summed E-state index contributed by atoms with van der Waals surface area (Å²) in [5, 5.41) is 0. The van der Waals surface area contributed by atoms with Gasteiger partial charge in [0.05, 0.1) is 4.90 Å². The van der Waals surface area contributed by atoms with E-state index in [-0.39, 0.29) is 24.4 Å². The zero-order valence-electron chi connectivity index (χ0n) is 13.8. The first-order valence-corrected chi connectivity index (χ1v) is 9.01. The molecule has 0 aromatic heterocycles. The molecule has 1 aliphatic heterocycles. The third kappa shape index (κ3) is 3.82. The molecule has 2 rings (SSSR count). The molecule has 2 atom stereocenters. The van der Waals surface area contributed by atoms with Crippen molar-refractivity contribution >= 4 is 22.4 Å². The van der Waals surface area contributed by atoms with Crippen LogP contribution in [-0.2, 0) is 10.0 Å². The molecule has 0 radical (unpaired) electrons. The van der Waals surface area contributed by atoms with E-state index in [0.717, 1.165) is 29.5 Å². The van der Waals surface area contributed by atoms with Gasteiger partial charge < -0.3 is 5.73 Å². The van der Waals surface area contributed by atoms with Crippen molar-refractivity contribution in [2.24, 2.45) is 11.7 Å². The number of hydrogen-bond donors (Lipinski definition) is 1. The average Bonchev–Trinajstić information content (AvgIpc) is 2.37. The molecule has 1 aromatic carbocycles. The predicted octanol–water partition coefficient (Wildman–Crippen LogP) is 2.78. The van der Waals surface area contributed by atoms with E-state index in [2.05, 4.69) is 0 Å². The molecule has 6 heteroatoms. The van der Waals surface area contributed by atoms with E-state index >= 15 is 0 Å². The van der Waals surface area contributed by atoms with Gasteiger partial charge in [0, 0.05) is 19.1 Å². The number of nitrogens with two attached hydrogens (primary N) is 1. The smallest absolute Gasteiger partial charge is 0.243 e. The Kier molecular flexibility index (Phi) is 6.45. The molecule has 0 spiro atoms. The van der Waals surface area contributed by atoms with Crippen LogP contribution in [0.4, 0.5) is 0 Å². The zero-order valence-corrected chi connectivity index (χ0v) is 15.4. The minimum absolute atomic E-state index is 0. The molecular formula is C16H27ClN2O2S. The average molecular weight is 347 g/mol. The lowest BCUT2D eigenvalue weighted by Gasteiger charge is -2.34. The standard InChI is InChI=1S/C16H26N2O2S.ClH/c1-11-8-12(2)16(13(3)9-11)21(19,20)18-7-5-6-15(10-18)14(4)17;/h8-9,14-15H,5-7,10,17H2,1-4H3;1H. The summed E-state index contributed by atoms with van der Waals surface area (Å²) in [6.07, 6.45) is 1.89. The molecule has 1 saturated heterocycles. The van der Waals surface area contributed by atoms with E-state index in [1.807, 2.05) is 39.8 Å². The second kappa shape index (κ2) is 7.30. The van der Waals surface area contributed by atoms with E-state index in [1.54, 1.807) is 4.31 Å². The van der Waals surface area contributed by atoms with Crippen LogP contribution in [0.1, 0.15) is 36.5 Å². The van der Waals surface area contributed by atoms with Crippen molar-refractivity contribution in [1.29, 1.82) is 0 Å². The van der Waals surface area contributed by atoms with Crippen LogP contribution in [0.15, 0.2) is 17.0 Å². The van der Waals surface area contributed by atoms with Crippen LogP contribution in [0.2, 0.25) is 0 Å². The van der Waals surface area contributed by atoms with E-state index in [9.17, 15) is 8.42 Å². The summed E-state index contributed by atoms with van der Waals surface area (Å²) in [4.78, 5) is 0.471. The Morgan fingerprint density at radius 2 is 1.77 bits per heavy atom. The first-order valence-electron chi connectivity index (χ1n) is 7.57. The Morgan fingerprint density at radius 1 is 1.23 bits per heavy atom. The van der Waals surface area contributed by atoms with Gasteiger partial charge in [0.25, 0.3) is 0 Å². The van der Waals surface area contributed by atoms with Gasteiger partial charge in [-0.3, -0.25) is 0 Å². The number of aryl methyl sites for hydroxylation is 3. The van der Waals surface area contributed by atoms with Crippen molar-refractivity contribution in [3.8, 4) is 0 Å². The molecule has 22 heavy (non-hydrogen) atoms. The minimum atomic E-state index is -3.43. The number of hydrogen-bond acceptors (Lipinski definition) is 3.